The zero-order chi connectivity index (χ0) is 14.7. The predicted octanol–water partition coefficient (Wildman–Crippen LogP) is 2.09. The highest BCUT2D eigenvalue weighted by Crippen LogP contribution is 2.26. The average Bonchev–Trinajstić information content (AvgIpc) is 2.76. The molecular formula is C14H22N6. The molecule has 0 aliphatic rings. The molecule has 20 heavy (non-hydrogen) atoms. The second-order valence-electron chi connectivity index (χ2n) is 5.16. The summed E-state index contributed by atoms with van der Waals surface area (Å²) in [4.78, 5) is 8.37. The Morgan fingerprint density at radius 1 is 1.35 bits per heavy atom. The van der Waals surface area contributed by atoms with Gasteiger partial charge in [-0.1, -0.05) is 20.8 Å². The highest BCUT2D eigenvalue weighted by Gasteiger charge is 2.13. The molecule has 6 nitrogen and oxygen atoms in total. The van der Waals surface area contributed by atoms with E-state index in [-0.39, 0.29) is 5.92 Å². The number of anilines is 2. The molecule has 0 amide bonds. The summed E-state index contributed by atoms with van der Waals surface area (Å²) in [7, 11) is 1.94. The van der Waals surface area contributed by atoms with Crippen molar-refractivity contribution in [2.75, 3.05) is 11.1 Å². The van der Waals surface area contributed by atoms with Crippen molar-refractivity contribution in [3.8, 4) is 0 Å². The van der Waals surface area contributed by atoms with Gasteiger partial charge in [-0.15, -0.1) is 0 Å². The number of rotatable bonds is 5. The molecule has 6 heteroatoms. The molecule has 2 aromatic heterocycles. The van der Waals surface area contributed by atoms with Crippen LogP contribution in [0.3, 0.4) is 0 Å². The molecule has 0 aliphatic heterocycles. The quantitative estimate of drug-likeness (QED) is 0.872. The first-order valence-corrected chi connectivity index (χ1v) is 6.88. The zero-order valence-electron chi connectivity index (χ0n) is 12.5. The fourth-order valence-corrected chi connectivity index (χ4v) is 2.33. The summed E-state index contributed by atoms with van der Waals surface area (Å²) < 4.78 is 1.84. The highest BCUT2D eigenvalue weighted by molar-refractivity contribution is 5.56. The smallest absolute Gasteiger partial charge is 0.135 e. The van der Waals surface area contributed by atoms with E-state index in [9.17, 15) is 0 Å². The van der Waals surface area contributed by atoms with E-state index in [0.717, 1.165) is 23.5 Å². The molecule has 2 heterocycles. The standard InChI is InChI=1S/C14H22N6/c1-5-11-10(7-20(4)19-11)6-16-14-12(9(2)3)13(15)17-8-18-14/h7-9H,5-6H2,1-4H3,(H3,15,16,17,18). The lowest BCUT2D eigenvalue weighted by atomic mass is 10.0. The van der Waals surface area contributed by atoms with Crippen LogP contribution in [0.25, 0.3) is 0 Å². The fourth-order valence-electron chi connectivity index (χ4n) is 2.33. The van der Waals surface area contributed by atoms with Gasteiger partial charge in [0, 0.05) is 30.9 Å². The molecule has 0 radical (unpaired) electrons. The first kappa shape index (κ1) is 14.3. The lowest BCUT2D eigenvalue weighted by Crippen LogP contribution is -2.10. The van der Waals surface area contributed by atoms with Crippen molar-refractivity contribution in [2.45, 2.75) is 39.7 Å². The fraction of sp³-hybridized carbons (Fsp3) is 0.500. The van der Waals surface area contributed by atoms with Crippen molar-refractivity contribution in [3.05, 3.63) is 29.3 Å². The Hall–Kier alpha value is -2.11. The number of hydrogen-bond acceptors (Lipinski definition) is 5. The van der Waals surface area contributed by atoms with Crippen molar-refractivity contribution in [1.82, 2.24) is 19.7 Å². The van der Waals surface area contributed by atoms with Crippen LogP contribution in [0, 0.1) is 0 Å². The van der Waals surface area contributed by atoms with Crippen molar-refractivity contribution < 1.29 is 0 Å². The van der Waals surface area contributed by atoms with E-state index in [1.807, 2.05) is 17.9 Å². The molecule has 2 rings (SSSR count). The monoisotopic (exact) mass is 274 g/mol. The minimum Gasteiger partial charge on any atom is -0.383 e. The maximum Gasteiger partial charge on any atom is 0.135 e. The molecule has 0 unspecified atom stereocenters. The van der Waals surface area contributed by atoms with Gasteiger partial charge >= 0.3 is 0 Å². The summed E-state index contributed by atoms with van der Waals surface area (Å²) in [6.07, 6.45) is 4.44. The predicted molar refractivity (Wildman–Crippen MR) is 80.4 cm³/mol. The number of nitrogens with one attached hydrogen (secondary N) is 1. The molecule has 0 atom stereocenters. The van der Waals surface area contributed by atoms with E-state index < -0.39 is 0 Å². The lowest BCUT2D eigenvalue weighted by molar-refractivity contribution is 0.746. The number of nitrogens with zero attached hydrogens (tertiary/aromatic N) is 4. The second-order valence-corrected chi connectivity index (χ2v) is 5.16. The normalized spacial score (nSPS) is 11.1. The SMILES string of the molecule is CCc1nn(C)cc1CNc1ncnc(N)c1C(C)C. The summed E-state index contributed by atoms with van der Waals surface area (Å²) in [5, 5.41) is 7.79. The molecule has 0 aromatic carbocycles. The molecule has 3 N–H and O–H groups in total. The summed E-state index contributed by atoms with van der Waals surface area (Å²) in [5.41, 5.74) is 9.20. The van der Waals surface area contributed by atoms with Crippen molar-refractivity contribution in [3.63, 3.8) is 0 Å². The second kappa shape index (κ2) is 5.90. The summed E-state index contributed by atoms with van der Waals surface area (Å²) in [5.74, 6) is 1.62. The van der Waals surface area contributed by atoms with Gasteiger partial charge in [-0.3, -0.25) is 4.68 Å². The highest BCUT2D eigenvalue weighted by atomic mass is 15.3. The Labute approximate surface area is 119 Å². The largest absolute Gasteiger partial charge is 0.383 e. The van der Waals surface area contributed by atoms with Crippen LogP contribution in [0.4, 0.5) is 11.6 Å². The van der Waals surface area contributed by atoms with Gasteiger partial charge in [-0.2, -0.15) is 5.10 Å². The van der Waals surface area contributed by atoms with Crippen LogP contribution in [0.15, 0.2) is 12.5 Å². The molecule has 2 aromatic rings. The van der Waals surface area contributed by atoms with Gasteiger partial charge in [0.1, 0.15) is 18.0 Å². The number of aryl methyl sites for hydroxylation is 2. The van der Waals surface area contributed by atoms with Crippen LogP contribution >= 0.6 is 0 Å². The van der Waals surface area contributed by atoms with E-state index in [0.29, 0.717) is 12.4 Å². The number of hydrogen-bond donors (Lipinski definition) is 2. The Balaban J connectivity index is 2.21. The minimum absolute atomic E-state index is 0.276. The zero-order valence-corrected chi connectivity index (χ0v) is 12.5. The summed E-state index contributed by atoms with van der Waals surface area (Å²) in [6, 6.07) is 0. The van der Waals surface area contributed by atoms with E-state index >= 15 is 0 Å². The first-order chi connectivity index (χ1) is 9.52. The third-order valence-corrected chi connectivity index (χ3v) is 3.27. The van der Waals surface area contributed by atoms with Crippen LogP contribution in [-0.4, -0.2) is 19.7 Å². The van der Waals surface area contributed by atoms with Crippen molar-refractivity contribution in [1.29, 1.82) is 0 Å². The molecule has 0 saturated heterocycles. The van der Waals surface area contributed by atoms with Gasteiger partial charge in [-0.05, 0) is 12.3 Å². The molecule has 108 valence electrons. The third-order valence-electron chi connectivity index (χ3n) is 3.27. The molecule has 0 saturated carbocycles. The molecule has 0 spiro atoms. The van der Waals surface area contributed by atoms with E-state index in [2.05, 4.69) is 41.2 Å². The number of nitrogens with two attached hydrogens (primary N) is 1. The van der Waals surface area contributed by atoms with Crippen LogP contribution < -0.4 is 11.1 Å². The van der Waals surface area contributed by atoms with E-state index in [4.69, 9.17) is 5.73 Å². The van der Waals surface area contributed by atoms with E-state index in [1.54, 1.807) is 0 Å². The molecule has 0 aliphatic carbocycles. The Morgan fingerprint density at radius 3 is 2.75 bits per heavy atom. The maximum absolute atomic E-state index is 5.94. The Morgan fingerprint density at radius 2 is 2.10 bits per heavy atom. The van der Waals surface area contributed by atoms with E-state index in [1.165, 1.54) is 11.9 Å². The summed E-state index contributed by atoms with van der Waals surface area (Å²) >= 11 is 0. The summed E-state index contributed by atoms with van der Waals surface area (Å²) in [6.45, 7) is 6.96. The van der Waals surface area contributed by atoms with Crippen LogP contribution in [0.1, 0.15) is 43.5 Å². The van der Waals surface area contributed by atoms with Gasteiger partial charge in [0.25, 0.3) is 0 Å². The van der Waals surface area contributed by atoms with Gasteiger partial charge in [0.05, 0.1) is 5.69 Å². The number of aromatic nitrogens is 4. The van der Waals surface area contributed by atoms with Crippen LogP contribution in [0.2, 0.25) is 0 Å². The van der Waals surface area contributed by atoms with Crippen LogP contribution in [0.5, 0.6) is 0 Å². The average molecular weight is 274 g/mol. The van der Waals surface area contributed by atoms with Gasteiger partial charge in [0.15, 0.2) is 0 Å². The topological polar surface area (TPSA) is 81.7 Å². The first-order valence-electron chi connectivity index (χ1n) is 6.88. The van der Waals surface area contributed by atoms with Crippen LogP contribution in [-0.2, 0) is 20.0 Å². The molecule has 0 bridgehead atoms. The van der Waals surface area contributed by atoms with Crippen molar-refractivity contribution in [2.24, 2.45) is 7.05 Å². The Kier molecular flexibility index (Phi) is 4.22. The third kappa shape index (κ3) is 2.89. The van der Waals surface area contributed by atoms with Gasteiger partial charge < -0.3 is 11.1 Å². The Bertz CT molecular complexity index is 587. The van der Waals surface area contributed by atoms with Crippen molar-refractivity contribution >= 4 is 11.6 Å². The van der Waals surface area contributed by atoms with Gasteiger partial charge in [0.2, 0.25) is 0 Å². The molecular weight excluding hydrogens is 252 g/mol. The molecule has 0 fully saturated rings. The minimum atomic E-state index is 0.276. The van der Waals surface area contributed by atoms with Gasteiger partial charge in [-0.25, -0.2) is 9.97 Å². The maximum atomic E-state index is 5.94. The number of nitrogen functional groups attached to an aromatic ring is 1. The lowest BCUT2D eigenvalue weighted by Gasteiger charge is -2.14.